The van der Waals surface area contributed by atoms with Crippen LogP contribution in [-0.4, -0.2) is 31.2 Å². The monoisotopic (exact) mass is 296 g/mol. The van der Waals surface area contributed by atoms with Gasteiger partial charge < -0.3 is 15.3 Å². The van der Waals surface area contributed by atoms with Crippen LogP contribution in [0.3, 0.4) is 0 Å². The highest BCUT2D eigenvalue weighted by Crippen LogP contribution is 2.22. The number of hydrogen-bond donors (Lipinski definition) is 2. The molecular weight excluding hydrogens is 271 g/mol. The minimum absolute atomic E-state index is 0.0629. The molecule has 0 aliphatic rings. The van der Waals surface area contributed by atoms with Gasteiger partial charge in [-0.3, -0.25) is 4.79 Å². The summed E-state index contributed by atoms with van der Waals surface area (Å²) in [6.45, 7) is 6.08. The summed E-state index contributed by atoms with van der Waals surface area (Å²) in [7, 11) is 2.00. The van der Waals surface area contributed by atoms with E-state index in [-0.39, 0.29) is 12.2 Å². The van der Waals surface area contributed by atoms with Gasteiger partial charge >= 0.3 is 5.97 Å². The maximum Gasteiger partial charge on any atom is 0.304 e. The van der Waals surface area contributed by atoms with Crippen LogP contribution in [0.4, 0.5) is 10.1 Å². The second-order valence-electron chi connectivity index (χ2n) is 5.49. The Hall–Kier alpha value is -1.62. The fraction of sp³-hybridized carbons (Fsp3) is 0.562. The minimum atomic E-state index is -0.837. The molecule has 0 aliphatic heterocycles. The van der Waals surface area contributed by atoms with Crippen molar-refractivity contribution in [3.05, 3.63) is 29.6 Å². The number of aliphatic carboxylic acids is 1. The second-order valence-corrected chi connectivity index (χ2v) is 5.49. The number of rotatable bonds is 9. The van der Waals surface area contributed by atoms with Gasteiger partial charge in [0.2, 0.25) is 0 Å². The number of nitrogens with zero attached hydrogens (tertiary/aromatic N) is 1. The van der Waals surface area contributed by atoms with Crippen LogP contribution < -0.4 is 10.2 Å². The molecule has 0 fully saturated rings. The SMILES string of the molecule is CCC(C)CN(C)c1ccc(F)cc1CNCCC(=O)O. The van der Waals surface area contributed by atoms with Gasteiger partial charge in [0, 0.05) is 32.4 Å². The molecule has 0 amide bonds. The molecule has 1 aromatic carbocycles. The van der Waals surface area contributed by atoms with Crippen LogP contribution in [0.25, 0.3) is 0 Å². The van der Waals surface area contributed by atoms with E-state index in [1.165, 1.54) is 12.1 Å². The van der Waals surface area contributed by atoms with Gasteiger partial charge in [-0.1, -0.05) is 20.3 Å². The molecule has 1 unspecified atom stereocenters. The van der Waals surface area contributed by atoms with E-state index in [2.05, 4.69) is 24.1 Å². The molecule has 0 saturated heterocycles. The van der Waals surface area contributed by atoms with Crippen molar-refractivity contribution < 1.29 is 14.3 Å². The van der Waals surface area contributed by atoms with E-state index in [9.17, 15) is 9.18 Å². The van der Waals surface area contributed by atoms with Gasteiger partial charge in [-0.25, -0.2) is 4.39 Å². The number of carboxylic acids is 1. The topological polar surface area (TPSA) is 52.6 Å². The lowest BCUT2D eigenvalue weighted by Gasteiger charge is -2.25. The highest BCUT2D eigenvalue weighted by Gasteiger charge is 2.11. The maximum absolute atomic E-state index is 13.4. The first-order chi connectivity index (χ1) is 9.93. The van der Waals surface area contributed by atoms with Crippen molar-refractivity contribution in [2.24, 2.45) is 5.92 Å². The van der Waals surface area contributed by atoms with E-state index in [4.69, 9.17) is 5.11 Å². The molecule has 0 aromatic heterocycles. The van der Waals surface area contributed by atoms with E-state index in [0.717, 1.165) is 24.2 Å². The Labute approximate surface area is 126 Å². The zero-order valence-electron chi connectivity index (χ0n) is 13.0. The number of nitrogens with one attached hydrogen (secondary N) is 1. The van der Waals surface area contributed by atoms with E-state index in [0.29, 0.717) is 19.0 Å². The molecule has 4 nitrogen and oxygen atoms in total. The summed E-state index contributed by atoms with van der Waals surface area (Å²) in [6, 6.07) is 4.76. The zero-order valence-corrected chi connectivity index (χ0v) is 13.0. The summed E-state index contributed by atoms with van der Waals surface area (Å²) in [5.41, 5.74) is 1.84. The van der Waals surface area contributed by atoms with Crippen molar-refractivity contribution in [1.29, 1.82) is 0 Å². The van der Waals surface area contributed by atoms with Gasteiger partial charge in [-0.15, -0.1) is 0 Å². The summed E-state index contributed by atoms with van der Waals surface area (Å²) < 4.78 is 13.4. The molecule has 0 bridgehead atoms. The minimum Gasteiger partial charge on any atom is -0.481 e. The lowest BCUT2D eigenvalue weighted by molar-refractivity contribution is -0.136. The van der Waals surface area contributed by atoms with Crippen LogP contribution in [0, 0.1) is 11.7 Å². The van der Waals surface area contributed by atoms with Gasteiger partial charge in [0.25, 0.3) is 0 Å². The zero-order chi connectivity index (χ0) is 15.8. The van der Waals surface area contributed by atoms with Crippen molar-refractivity contribution >= 4 is 11.7 Å². The molecule has 21 heavy (non-hydrogen) atoms. The third-order valence-electron chi connectivity index (χ3n) is 3.57. The lowest BCUT2D eigenvalue weighted by Crippen LogP contribution is -2.26. The summed E-state index contributed by atoms with van der Waals surface area (Å²) >= 11 is 0. The van der Waals surface area contributed by atoms with Crippen LogP contribution in [0.1, 0.15) is 32.3 Å². The highest BCUT2D eigenvalue weighted by atomic mass is 19.1. The molecule has 0 aliphatic carbocycles. The van der Waals surface area contributed by atoms with Crippen molar-refractivity contribution in [3.8, 4) is 0 Å². The molecule has 1 aromatic rings. The first-order valence-corrected chi connectivity index (χ1v) is 7.36. The molecule has 118 valence electrons. The van der Waals surface area contributed by atoms with Crippen molar-refractivity contribution in [2.45, 2.75) is 33.2 Å². The average Bonchev–Trinajstić information content (AvgIpc) is 2.43. The lowest BCUT2D eigenvalue weighted by atomic mass is 10.1. The number of anilines is 1. The standard InChI is InChI=1S/C16H25FN2O2/c1-4-12(2)11-19(3)15-6-5-14(17)9-13(15)10-18-8-7-16(20)21/h5-6,9,12,18H,4,7-8,10-11H2,1-3H3,(H,20,21). The van der Waals surface area contributed by atoms with E-state index in [1.54, 1.807) is 6.07 Å². The van der Waals surface area contributed by atoms with Gasteiger partial charge in [-0.2, -0.15) is 0 Å². The van der Waals surface area contributed by atoms with Crippen molar-refractivity contribution in [3.63, 3.8) is 0 Å². The number of carbonyl (C=O) groups is 1. The molecule has 0 saturated carbocycles. The molecule has 2 N–H and O–H groups in total. The van der Waals surface area contributed by atoms with E-state index < -0.39 is 5.97 Å². The number of hydrogen-bond acceptors (Lipinski definition) is 3. The predicted molar refractivity (Wildman–Crippen MR) is 83.1 cm³/mol. The molecule has 0 heterocycles. The fourth-order valence-corrected chi connectivity index (χ4v) is 2.18. The second kappa shape index (κ2) is 8.62. The fourth-order valence-electron chi connectivity index (χ4n) is 2.18. The Morgan fingerprint density at radius 3 is 2.81 bits per heavy atom. The normalized spacial score (nSPS) is 12.2. The highest BCUT2D eigenvalue weighted by molar-refractivity contribution is 5.66. The smallest absolute Gasteiger partial charge is 0.304 e. The average molecular weight is 296 g/mol. The number of halogens is 1. The first-order valence-electron chi connectivity index (χ1n) is 7.36. The summed E-state index contributed by atoms with van der Waals surface area (Å²) in [5.74, 6) is -0.547. The maximum atomic E-state index is 13.4. The Morgan fingerprint density at radius 1 is 1.48 bits per heavy atom. The van der Waals surface area contributed by atoms with Crippen molar-refractivity contribution in [1.82, 2.24) is 5.32 Å². The molecule has 0 spiro atoms. The van der Waals surface area contributed by atoms with E-state index >= 15 is 0 Å². The van der Waals surface area contributed by atoms with Crippen LogP contribution in [0.5, 0.6) is 0 Å². The summed E-state index contributed by atoms with van der Waals surface area (Å²) in [6.07, 6.45) is 1.16. The van der Waals surface area contributed by atoms with Gasteiger partial charge in [0.1, 0.15) is 5.82 Å². The van der Waals surface area contributed by atoms with Gasteiger partial charge in [-0.05, 0) is 29.7 Å². The van der Waals surface area contributed by atoms with Crippen LogP contribution in [0.2, 0.25) is 0 Å². The third-order valence-corrected chi connectivity index (χ3v) is 3.57. The Bertz CT molecular complexity index is 466. The Balaban J connectivity index is 2.72. The van der Waals surface area contributed by atoms with Gasteiger partial charge in [0.15, 0.2) is 0 Å². The molecule has 1 rings (SSSR count). The molecular formula is C16H25FN2O2. The largest absolute Gasteiger partial charge is 0.481 e. The van der Waals surface area contributed by atoms with Gasteiger partial charge in [0.05, 0.1) is 6.42 Å². The Morgan fingerprint density at radius 2 is 2.19 bits per heavy atom. The number of carboxylic acid groups (broad SMARTS) is 1. The molecule has 0 radical (unpaired) electrons. The Kier molecular flexibility index (Phi) is 7.15. The van der Waals surface area contributed by atoms with Crippen LogP contribution in [-0.2, 0) is 11.3 Å². The quantitative estimate of drug-likeness (QED) is 0.688. The summed E-state index contributed by atoms with van der Waals surface area (Å²) in [4.78, 5) is 12.6. The molecule has 5 heteroatoms. The summed E-state index contributed by atoms with van der Waals surface area (Å²) in [5, 5.41) is 11.7. The predicted octanol–water partition coefficient (Wildman–Crippen LogP) is 2.87. The van der Waals surface area contributed by atoms with Crippen molar-refractivity contribution in [2.75, 3.05) is 25.0 Å². The van der Waals surface area contributed by atoms with Crippen LogP contribution >= 0.6 is 0 Å². The van der Waals surface area contributed by atoms with E-state index in [1.807, 2.05) is 7.05 Å². The first kappa shape index (κ1) is 17.4. The van der Waals surface area contributed by atoms with Crippen LogP contribution in [0.15, 0.2) is 18.2 Å². The third kappa shape index (κ3) is 6.12. The number of benzene rings is 1. The molecule has 1 atom stereocenters.